The number of piperidine rings is 1. The van der Waals surface area contributed by atoms with Crippen LogP contribution < -0.4 is 11.1 Å². The van der Waals surface area contributed by atoms with E-state index in [1.165, 1.54) is 11.1 Å². The first-order chi connectivity index (χ1) is 12.1. The lowest BCUT2D eigenvalue weighted by Crippen LogP contribution is -2.51. The summed E-state index contributed by atoms with van der Waals surface area (Å²) < 4.78 is 0. The van der Waals surface area contributed by atoms with Gasteiger partial charge in [0.25, 0.3) is 0 Å². The van der Waals surface area contributed by atoms with Gasteiger partial charge in [-0.1, -0.05) is 48.5 Å². The van der Waals surface area contributed by atoms with Crippen LogP contribution in [0.4, 0.5) is 5.69 Å². The van der Waals surface area contributed by atoms with Gasteiger partial charge >= 0.3 is 0 Å². The lowest BCUT2D eigenvalue weighted by molar-refractivity contribution is -0.119. The molecule has 1 fully saturated rings. The van der Waals surface area contributed by atoms with E-state index in [0.717, 1.165) is 38.2 Å². The van der Waals surface area contributed by atoms with Crippen molar-refractivity contribution in [3.8, 4) is 0 Å². The Hall–Kier alpha value is -2.33. The lowest BCUT2D eigenvalue weighted by atomic mass is 9.83. The smallest absolute Gasteiger partial charge is 0.219 e. The average Bonchev–Trinajstić information content (AvgIpc) is 2.60. The van der Waals surface area contributed by atoms with Crippen LogP contribution in [0.1, 0.15) is 30.4 Å². The summed E-state index contributed by atoms with van der Waals surface area (Å²) in [5.41, 5.74) is 8.94. The molecule has 1 heterocycles. The van der Waals surface area contributed by atoms with Crippen molar-refractivity contribution in [2.45, 2.75) is 38.3 Å². The van der Waals surface area contributed by atoms with Gasteiger partial charge in [-0.25, -0.2) is 0 Å². The van der Waals surface area contributed by atoms with Crippen molar-refractivity contribution in [1.82, 2.24) is 4.90 Å². The van der Waals surface area contributed by atoms with Crippen molar-refractivity contribution >= 4 is 11.6 Å². The molecule has 0 atom stereocenters. The van der Waals surface area contributed by atoms with E-state index in [9.17, 15) is 4.79 Å². The van der Waals surface area contributed by atoms with Gasteiger partial charge in [0.1, 0.15) is 0 Å². The third-order valence-electron chi connectivity index (χ3n) is 5.12. The highest BCUT2D eigenvalue weighted by Gasteiger charge is 2.36. The van der Waals surface area contributed by atoms with E-state index in [2.05, 4.69) is 53.5 Å². The highest BCUT2D eigenvalue weighted by molar-refractivity contribution is 5.76. The number of nitrogens with two attached hydrogens (primary N) is 1. The molecule has 2 aromatic rings. The Morgan fingerprint density at radius 2 is 1.72 bits per heavy atom. The zero-order valence-electron chi connectivity index (χ0n) is 14.9. The van der Waals surface area contributed by atoms with E-state index >= 15 is 0 Å². The number of anilines is 1. The Bertz CT molecular complexity index is 706. The number of nitrogens with zero attached hydrogens (tertiary/aromatic N) is 1. The monoisotopic (exact) mass is 337 g/mol. The minimum absolute atomic E-state index is 0.238. The minimum Gasteiger partial charge on any atom is -0.379 e. The number of para-hydroxylation sites is 1. The molecule has 3 N–H and O–H groups in total. The van der Waals surface area contributed by atoms with E-state index < -0.39 is 0 Å². The predicted molar refractivity (Wildman–Crippen MR) is 102 cm³/mol. The molecule has 4 nitrogen and oxygen atoms in total. The first-order valence-electron chi connectivity index (χ1n) is 8.95. The number of hydrogen-bond donors (Lipinski definition) is 2. The van der Waals surface area contributed by atoms with Crippen LogP contribution in [0.15, 0.2) is 54.6 Å². The number of likely N-dealkylation sites (tertiary alicyclic amines) is 1. The van der Waals surface area contributed by atoms with E-state index in [1.807, 2.05) is 18.2 Å². The molecule has 0 aromatic heterocycles. The Kier molecular flexibility index (Phi) is 5.39. The van der Waals surface area contributed by atoms with Gasteiger partial charge in [0.2, 0.25) is 5.91 Å². The molecule has 0 bridgehead atoms. The second-order valence-corrected chi connectivity index (χ2v) is 7.13. The number of carbonyl (C=O) groups excluding carboxylic acids is 1. The van der Waals surface area contributed by atoms with Crippen LogP contribution in [-0.2, 0) is 11.3 Å². The fourth-order valence-electron chi connectivity index (χ4n) is 3.66. The number of amides is 1. The molecule has 4 heteroatoms. The summed E-state index contributed by atoms with van der Waals surface area (Å²) in [5.74, 6) is -0.238. The normalized spacial score (nSPS) is 17.2. The number of carbonyl (C=O) groups is 1. The molecule has 0 aliphatic carbocycles. The van der Waals surface area contributed by atoms with E-state index in [0.29, 0.717) is 6.42 Å². The lowest BCUT2D eigenvalue weighted by Gasteiger charge is -2.43. The Morgan fingerprint density at radius 3 is 2.36 bits per heavy atom. The largest absolute Gasteiger partial charge is 0.379 e. The molecule has 1 amide bonds. The zero-order valence-corrected chi connectivity index (χ0v) is 14.9. The van der Waals surface area contributed by atoms with Gasteiger partial charge < -0.3 is 11.1 Å². The van der Waals surface area contributed by atoms with Gasteiger partial charge in [-0.3, -0.25) is 9.69 Å². The number of nitrogens with one attached hydrogen (secondary N) is 1. The van der Waals surface area contributed by atoms with Crippen LogP contribution in [0.5, 0.6) is 0 Å². The molecule has 132 valence electrons. The van der Waals surface area contributed by atoms with E-state index in [4.69, 9.17) is 5.73 Å². The Balaban J connectivity index is 1.69. The molecule has 1 aliphatic rings. The first-order valence-corrected chi connectivity index (χ1v) is 8.95. The van der Waals surface area contributed by atoms with Crippen LogP contribution in [0.25, 0.3) is 0 Å². The van der Waals surface area contributed by atoms with Gasteiger partial charge in [0.05, 0.1) is 0 Å². The molecule has 1 saturated heterocycles. The maximum absolute atomic E-state index is 11.7. The Labute approximate surface area is 150 Å². The van der Waals surface area contributed by atoms with Gasteiger partial charge in [0.15, 0.2) is 0 Å². The number of rotatable bonds is 6. The molecule has 3 rings (SSSR count). The van der Waals surface area contributed by atoms with Crippen LogP contribution in [0.2, 0.25) is 0 Å². The second kappa shape index (κ2) is 7.70. The van der Waals surface area contributed by atoms with Crippen LogP contribution >= 0.6 is 0 Å². The molecule has 25 heavy (non-hydrogen) atoms. The second-order valence-electron chi connectivity index (χ2n) is 7.13. The summed E-state index contributed by atoms with van der Waals surface area (Å²) in [6.07, 6.45) is 2.20. The Morgan fingerprint density at radius 1 is 1.08 bits per heavy atom. The summed E-state index contributed by atoms with van der Waals surface area (Å²) in [4.78, 5) is 14.1. The average molecular weight is 337 g/mol. The van der Waals surface area contributed by atoms with Crippen LogP contribution in [-0.4, -0.2) is 29.4 Å². The quantitative estimate of drug-likeness (QED) is 0.850. The zero-order chi connectivity index (χ0) is 17.7. The molecule has 0 saturated carbocycles. The maximum Gasteiger partial charge on any atom is 0.219 e. The van der Waals surface area contributed by atoms with E-state index in [-0.39, 0.29) is 11.4 Å². The molecule has 0 unspecified atom stereocenters. The first kappa shape index (κ1) is 17.5. The fraction of sp³-hybridized carbons (Fsp3) is 0.381. The minimum atomic E-state index is -0.245. The van der Waals surface area contributed by atoms with Crippen molar-refractivity contribution in [2.75, 3.05) is 18.4 Å². The topological polar surface area (TPSA) is 58.4 Å². The molecule has 2 aromatic carbocycles. The standard InChI is InChI=1S/C21H27N3O/c1-17-7-5-6-10-19(17)23-21(15-20(22)25)11-13-24(14-12-21)16-18-8-3-2-4-9-18/h2-10,23H,11-16H2,1H3,(H2,22,25). The number of benzene rings is 2. The van der Waals surface area contributed by atoms with E-state index in [1.54, 1.807) is 0 Å². The van der Waals surface area contributed by atoms with Gasteiger partial charge in [-0.15, -0.1) is 0 Å². The van der Waals surface area contributed by atoms with Gasteiger partial charge in [0, 0.05) is 37.3 Å². The van der Waals surface area contributed by atoms with Crippen LogP contribution in [0.3, 0.4) is 0 Å². The third-order valence-corrected chi connectivity index (χ3v) is 5.12. The highest BCUT2D eigenvalue weighted by atomic mass is 16.1. The molecular formula is C21H27N3O. The maximum atomic E-state index is 11.7. The summed E-state index contributed by atoms with van der Waals surface area (Å²) in [5, 5.41) is 3.65. The summed E-state index contributed by atoms with van der Waals surface area (Å²) in [6, 6.07) is 18.8. The van der Waals surface area contributed by atoms with Crippen molar-refractivity contribution in [1.29, 1.82) is 0 Å². The van der Waals surface area contributed by atoms with Crippen molar-refractivity contribution in [2.24, 2.45) is 5.73 Å². The molecular weight excluding hydrogens is 310 g/mol. The van der Waals surface area contributed by atoms with Crippen molar-refractivity contribution < 1.29 is 4.79 Å². The number of aryl methyl sites for hydroxylation is 1. The molecule has 1 aliphatic heterocycles. The van der Waals surface area contributed by atoms with Gasteiger partial charge in [-0.05, 0) is 37.0 Å². The summed E-state index contributed by atoms with van der Waals surface area (Å²) >= 11 is 0. The fourth-order valence-corrected chi connectivity index (χ4v) is 3.66. The number of hydrogen-bond acceptors (Lipinski definition) is 3. The highest BCUT2D eigenvalue weighted by Crippen LogP contribution is 2.31. The summed E-state index contributed by atoms with van der Waals surface area (Å²) in [7, 11) is 0. The molecule has 0 spiro atoms. The van der Waals surface area contributed by atoms with Crippen molar-refractivity contribution in [3.63, 3.8) is 0 Å². The summed E-state index contributed by atoms with van der Waals surface area (Å²) in [6.45, 7) is 4.96. The predicted octanol–water partition coefficient (Wildman–Crippen LogP) is 3.32. The van der Waals surface area contributed by atoms with Crippen molar-refractivity contribution in [3.05, 3.63) is 65.7 Å². The SMILES string of the molecule is Cc1ccccc1NC1(CC(N)=O)CCN(Cc2ccccc2)CC1. The van der Waals surface area contributed by atoms with Crippen LogP contribution in [0, 0.1) is 6.92 Å². The van der Waals surface area contributed by atoms with Gasteiger partial charge in [-0.2, -0.15) is 0 Å². The molecule has 0 radical (unpaired) electrons. The number of primary amides is 1. The third kappa shape index (κ3) is 4.60.